The van der Waals surface area contributed by atoms with Gasteiger partial charge in [0.05, 0.1) is 5.25 Å². The molecule has 0 spiro atoms. The fraction of sp³-hybridized carbons (Fsp3) is 0.364. The summed E-state index contributed by atoms with van der Waals surface area (Å²) in [5.41, 5.74) is 0. The smallest absolute Gasteiger partial charge is 0.145 e. The fourth-order valence-corrected chi connectivity index (χ4v) is 2.41. The van der Waals surface area contributed by atoms with E-state index in [9.17, 15) is 4.79 Å². The van der Waals surface area contributed by atoms with E-state index in [1.54, 1.807) is 11.8 Å². The Hall–Kier alpha value is -0.470. The second-order valence-corrected chi connectivity index (χ2v) is 4.89. The lowest BCUT2D eigenvalue weighted by molar-refractivity contribution is -0.117. The Labute approximate surface area is 93.8 Å². The van der Waals surface area contributed by atoms with Gasteiger partial charge >= 0.3 is 0 Å². The van der Waals surface area contributed by atoms with Crippen LogP contribution < -0.4 is 0 Å². The molecule has 0 radical (unpaired) electrons. The maximum Gasteiger partial charge on any atom is 0.145 e. The molecule has 0 aliphatic rings. The van der Waals surface area contributed by atoms with Gasteiger partial charge in [0.25, 0.3) is 0 Å². The summed E-state index contributed by atoms with van der Waals surface area (Å²) in [7, 11) is 0. The Kier molecular flexibility index (Phi) is 4.49. The van der Waals surface area contributed by atoms with Crippen molar-refractivity contribution in [3.63, 3.8) is 0 Å². The predicted octanol–water partition coefficient (Wildman–Crippen LogP) is 3.80. The second kappa shape index (κ2) is 5.42. The minimum Gasteiger partial charge on any atom is -0.298 e. The van der Waals surface area contributed by atoms with Gasteiger partial charge in [0.2, 0.25) is 0 Å². The molecule has 0 aliphatic carbocycles. The van der Waals surface area contributed by atoms with Gasteiger partial charge in [-0.25, -0.2) is 0 Å². The zero-order valence-electron chi connectivity index (χ0n) is 8.29. The molecule has 3 heteroatoms. The third kappa shape index (κ3) is 3.35. The highest BCUT2D eigenvalue weighted by Crippen LogP contribution is 2.26. The minimum absolute atomic E-state index is 0.0125. The van der Waals surface area contributed by atoms with Gasteiger partial charge in [-0.05, 0) is 25.1 Å². The minimum atomic E-state index is 0.0125. The topological polar surface area (TPSA) is 17.1 Å². The van der Waals surface area contributed by atoms with Crippen molar-refractivity contribution in [3.8, 4) is 0 Å². The molecule has 76 valence electrons. The van der Waals surface area contributed by atoms with Gasteiger partial charge in [-0.15, -0.1) is 11.8 Å². The van der Waals surface area contributed by atoms with E-state index in [1.807, 2.05) is 38.1 Å². The van der Waals surface area contributed by atoms with Crippen LogP contribution in [0.2, 0.25) is 5.02 Å². The van der Waals surface area contributed by atoms with Crippen molar-refractivity contribution in [2.24, 2.45) is 0 Å². The van der Waals surface area contributed by atoms with E-state index < -0.39 is 0 Å². The predicted molar refractivity (Wildman–Crippen MR) is 62.1 cm³/mol. The van der Waals surface area contributed by atoms with Crippen LogP contribution in [0.4, 0.5) is 0 Å². The Bertz CT molecular complexity index is 325. The number of hydrogen-bond donors (Lipinski definition) is 0. The molecular formula is C11H13ClOS. The molecule has 1 atom stereocenters. The first-order chi connectivity index (χ1) is 6.63. The van der Waals surface area contributed by atoms with E-state index in [0.717, 1.165) is 4.90 Å². The van der Waals surface area contributed by atoms with E-state index in [0.29, 0.717) is 11.4 Å². The number of carbonyl (C=O) groups is 1. The molecule has 1 rings (SSSR count). The molecule has 0 saturated heterocycles. The normalized spacial score (nSPS) is 12.5. The summed E-state index contributed by atoms with van der Waals surface area (Å²) in [5.74, 6) is 0.273. The summed E-state index contributed by atoms with van der Waals surface area (Å²) in [5, 5.41) is 0.726. The van der Waals surface area contributed by atoms with Crippen LogP contribution in [0.5, 0.6) is 0 Å². The lowest BCUT2D eigenvalue weighted by atomic mass is 10.2. The molecule has 0 saturated carbocycles. The molecule has 1 aromatic rings. The fourth-order valence-electron chi connectivity index (χ4n) is 1.10. The summed E-state index contributed by atoms with van der Waals surface area (Å²) in [6.45, 7) is 3.81. The molecule has 0 bridgehead atoms. The first kappa shape index (κ1) is 11.6. The number of hydrogen-bond acceptors (Lipinski definition) is 2. The average Bonchev–Trinajstić information content (AvgIpc) is 2.16. The van der Waals surface area contributed by atoms with Crippen molar-refractivity contribution in [2.45, 2.75) is 30.4 Å². The Balaban J connectivity index is 2.64. The maximum absolute atomic E-state index is 11.3. The van der Waals surface area contributed by atoms with Crippen LogP contribution in [-0.2, 0) is 4.79 Å². The van der Waals surface area contributed by atoms with Crippen LogP contribution in [-0.4, -0.2) is 11.0 Å². The first-order valence-electron chi connectivity index (χ1n) is 4.58. The van der Waals surface area contributed by atoms with Crippen molar-refractivity contribution in [1.29, 1.82) is 0 Å². The Morgan fingerprint density at radius 1 is 1.57 bits per heavy atom. The van der Waals surface area contributed by atoms with Gasteiger partial charge in [0.1, 0.15) is 5.78 Å². The standard InChI is InChI=1S/C11H13ClOS/c1-3-11(13)8(2)14-10-6-4-5-9(12)7-10/h4-8H,3H2,1-2H3. The van der Waals surface area contributed by atoms with Gasteiger partial charge < -0.3 is 0 Å². The first-order valence-corrected chi connectivity index (χ1v) is 5.84. The number of thioether (sulfide) groups is 1. The molecule has 0 heterocycles. The van der Waals surface area contributed by atoms with Crippen LogP contribution in [0.3, 0.4) is 0 Å². The summed E-state index contributed by atoms with van der Waals surface area (Å²) >= 11 is 7.40. The van der Waals surface area contributed by atoms with E-state index in [2.05, 4.69) is 0 Å². The monoisotopic (exact) mass is 228 g/mol. The second-order valence-electron chi connectivity index (χ2n) is 3.04. The van der Waals surface area contributed by atoms with E-state index >= 15 is 0 Å². The van der Waals surface area contributed by atoms with Crippen LogP contribution >= 0.6 is 23.4 Å². The number of rotatable bonds is 4. The van der Waals surface area contributed by atoms with Crippen LogP contribution in [0, 0.1) is 0 Å². The van der Waals surface area contributed by atoms with Gasteiger partial charge in [-0.1, -0.05) is 24.6 Å². The van der Waals surface area contributed by atoms with Crippen LogP contribution in [0.15, 0.2) is 29.2 Å². The molecule has 0 amide bonds. The number of benzene rings is 1. The quantitative estimate of drug-likeness (QED) is 0.730. The van der Waals surface area contributed by atoms with Gasteiger partial charge in [-0.3, -0.25) is 4.79 Å². The van der Waals surface area contributed by atoms with Crippen LogP contribution in [0.1, 0.15) is 20.3 Å². The molecule has 0 N–H and O–H groups in total. The number of halogens is 1. The molecule has 0 fully saturated rings. The summed E-state index contributed by atoms with van der Waals surface area (Å²) in [6.07, 6.45) is 0.592. The summed E-state index contributed by atoms with van der Waals surface area (Å²) < 4.78 is 0. The summed E-state index contributed by atoms with van der Waals surface area (Å²) in [4.78, 5) is 12.4. The lowest BCUT2D eigenvalue weighted by Crippen LogP contribution is -2.10. The van der Waals surface area contributed by atoms with E-state index in [1.165, 1.54) is 0 Å². The van der Waals surface area contributed by atoms with Crippen molar-refractivity contribution < 1.29 is 4.79 Å². The van der Waals surface area contributed by atoms with Gasteiger partial charge in [0, 0.05) is 16.3 Å². The van der Waals surface area contributed by atoms with E-state index in [4.69, 9.17) is 11.6 Å². The molecule has 1 aromatic carbocycles. The molecule has 0 aromatic heterocycles. The molecule has 0 aliphatic heterocycles. The van der Waals surface area contributed by atoms with Crippen molar-refractivity contribution >= 4 is 29.1 Å². The molecule has 14 heavy (non-hydrogen) atoms. The highest BCUT2D eigenvalue weighted by molar-refractivity contribution is 8.00. The highest BCUT2D eigenvalue weighted by Gasteiger charge is 2.11. The highest BCUT2D eigenvalue weighted by atomic mass is 35.5. The number of carbonyl (C=O) groups excluding carboxylic acids is 1. The maximum atomic E-state index is 11.3. The lowest BCUT2D eigenvalue weighted by Gasteiger charge is -2.08. The molecular weight excluding hydrogens is 216 g/mol. The molecule has 1 unspecified atom stereocenters. The average molecular weight is 229 g/mol. The van der Waals surface area contributed by atoms with Crippen molar-refractivity contribution in [1.82, 2.24) is 0 Å². The third-order valence-electron chi connectivity index (χ3n) is 1.91. The van der Waals surface area contributed by atoms with E-state index in [-0.39, 0.29) is 11.0 Å². The zero-order valence-corrected chi connectivity index (χ0v) is 9.86. The third-order valence-corrected chi connectivity index (χ3v) is 3.29. The largest absolute Gasteiger partial charge is 0.298 e. The summed E-state index contributed by atoms with van der Waals surface area (Å²) in [6, 6.07) is 7.58. The van der Waals surface area contributed by atoms with Crippen molar-refractivity contribution in [3.05, 3.63) is 29.3 Å². The van der Waals surface area contributed by atoms with Gasteiger partial charge in [0.15, 0.2) is 0 Å². The van der Waals surface area contributed by atoms with Crippen molar-refractivity contribution in [2.75, 3.05) is 0 Å². The zero-order chi connectivity index (χ0) is 10.6. The number of ketones is 1. The van der Waals surface area contributed by atoms with Gasteiger partial charge in [-0.2, -0.15) is 0 Å². The molecule has 1 nitrogen and oxygen atoms in total. The Morgan fingerprint density at radius 2 is 2.29 bits per heavy atom. The Morgan fingerprint density at radius 3 is 2.86 bits per heavy atom. The van der Waals surface area contributed by atoms with Crippen LogP contribution in [0.25, 0.3) is 0 Å². The SMILES string of the molecule is CCC(=O)C(C)Sc1cccc(Cl)c1. The number of Topliss-reactive ketones (excluding diaryl/α,β-unsaturated/α-hetero) is 1.